The highest BCUT2D eigenvalue weighted by Crippen LogP contribution is 2.25. The quantitative estimate of drug-likeness (QED) is 0.575. The van der Waals surface area contributed by atoms with Gasteiger partial charge < -0.3 is 15.5 Å². The van der Waals surface area contributed by atoms with E-state index >= 15 is 0 Å². The number of amides is 1. The van der Waals surface area contributed by atoms with Crippen molar-refractivity contribution in [3.8, 4) is 0 Å². The fourth-order valence-corrected chi connectivity index (χ4v) is 4.45. The average Bonchev–Trinajstić information content (AvgIpc) is 2.78. The minimum Gasteiger partial charge on any atom is -0.338 e. The molecular weight excluding hydrogens is 408 g/mol. The third kappa shape index (κ3) is 5.59. The van der Waals surface area contributed by atoms with E-state index in [2.05, 4.69) is 31.6 Å². The van der Waals surface area contributed by atoms with Crippen LogP contribution in [0.4, 0.5) is 11.6 Å². The topological polar surface area (TPSA) is 83.0 Å². The molecule has 2 aromatic heterocycles. The van der Waals surface area contributed by atoms with Crippen LogP contribution in [-0.4, -0.2) is 47.0 Å². The third-order valence-electron chi connectivity index (χ3n) is 4.95. The molecule has 0 unspecified atom stereocenters. The van der Waals surface area contributed by atoms with Gasteiger partial charge >= 0.3 is 0 Å². The molecule has 0 atom stereocenters. The van der Waals surface area contributed by atoms with Gasteiger partial charge in [0.1, 0.15) is 5.03 Å². The van der Waals surface area contributed by atoms with Crippen molar-refractivity contribution in [1.29, 1.82) is 0 Å². The SMILES string of the molecule is Cc1cc(C)cc(NC(=O)c2cccnc2SCc2ccnc(N3CCNCC3)n2)c1. The van der Waals surface area contributed by atoms with Crippen molar-refractivity contribution in [1.82, 2.24) is 20.3 Å². The van der Waals surface area contributed by atoms with Crippen LogP contribution in [0.1, 0.15) is 27.2 Å². The summed E-state index contributed by atoms with van der Waals surface area (Å²) in [6, 6.07) is 11.5. The minimum absolute atomic E-state index is 0.162. The highest BCUT2D eigenvalue weighted by molar-refractivity contribution is 7.98. The molecule has 7 nitrogen and oxygen atoms in total. The monoisotopic (exact) mass is 434 g/mol. The number of piperazine rings is 1. The molecule has 2 N–H and O–H groups in total. The lowest BCUT2D eigenvalue weighted by molar-refractivity contribution is 0.102. The van der Waals surface area contributed by atoms with Crippen LogP contribution < -0.4 is 15.5 Å². The van der Waals surface area contributed by atoms with E-state index in [0.717, 1.165) is 54.6 Å². The zero-order valence-electron chi connectivity index (χ0n) is 17.8. The molecule has 8 heteroatoms. The van der Waals surface area contributed by atoms with E-state index in [1.54, 1.807) is 24.5 Å². The molecule has 1 aliphatic heterocycles. The Labute approximate surface area is 186 Å². The van der Waals surface area contributed by atoms with Crippen molar-refractivity contribution in [2.75, 3.05) is 36.4 Å². The van der Waals surface area contributed by atoms with Crippen LogP contribution in [-0.2, 0) is 5.75 Å². The average molecular weight is 435 g/mol. The van der Waals surface area contributed by atoms with E-state index < -0.39 is 0 Å². The van der Waals surface area contributed by atoms with E-state index in [-0.39, 0.29) is 5.91 Å². The largest absolute Gasteiger partial charge is 0.338 e. The lowest BCUT2D eigenvalue weighted by atomic mass is 10.1. The standard InChI is InChI=1S/C23H26N6OS/c1-16-12-17(2)14-19(13-16)27-21(30)20-4-3-6-25-22(20)31-15-18-5-7-26-23(28-18)29-10-8-24-9-11-29/h3-7,12-14,24H,8-11,15H2,1-2H3,(H,27,30). The summed E-state index contributed by atoms with van der Waals surface area (Å²) in [4.78, 5) is 28.7. The lowest BCUT2D eigenvalue weighted by Gasteiger charge is -2.27. The molecule has 3 aromatic rings. The summed E-state index contributed by atoms with van der Waals surface area (Å²) < 4.78 is 0. The first-order chi connectivity index (χ1) is 15.1. The summed E-state index contributed by atoms with van der Waals surface area (Å²) in [7, 11) is 0. The maximum Gasteiger partial charge on any atom is 0.258 e. The van der Waals surface area contributed by atoms with Gasteiger partial charge in [-0.25, -0.2) is 15.0 Å². The Morgan fingerprint density at radius 2 is 1.87 bits per heavy atom. The number of carbonyl (C=O) groups is 1. The predicted molar refractivity (Wildman–Crippen MR) is 125 cm³/mol. The molecule has 1 fully saturated rings. The number of hydrogen-bond donors (Lipinski definition) is 2. The summed E-state index contributed by atoms with van der Waals surface area (Å²) >= 11 is 1.51. The van der Waals surface area contributed by atoms with Gasteiger partial charge in [-0.3, -0.25) is 4.79 Å². The zero-order valence-corrected chi connectivity index (χ0v) is 18.6. The Morgan fingerprint density at radius 1 is 1.10 bits per heavy atom. The molecule has 4 rings (SSSR count). The number of carbonyl (C=O) groups excluding carboxylic acids is 1. The number of nitrogens with zero attached hydrogens (tertiary/aromatic N) is 4. The summed E-state index contributed by atoms with van der Waals surface area (Å²) in [6.07, 6.45) is 3.51. The Balaban J connectivity index is 1.46. The smallest absolute Gasteiger partial charge is 0.258 e. The molecule has 1 aliphatic rings. The van der Waals surface area contributed by atoms with Crippen molar-refractivity contribution < 1.29 is 4.79 Å². The van der Waals surface area contributed by atoms with E-state index in [1.807, 2.05) is 32.0 Å². The maximum absolute atomic E-state index is 12.9. The molecule has 0 radical (unpaired) electrons. The predicted octanol–water partition coefficient (Wildman–Crippen LogP) is 3.44. The number of rotatable bonds is 6. The number of pyridine rings is 1. The van der Waals surface area contributed by atoms with Gasteiger partial charge in [0.15, 0.2) is 0 Å². The number of aryl methyl sites for hydroxylation is 2. The first kappa shape index (κ1) is 21.3. The second-order valence-corrected chi connectivity index (χ2v) is 8.52. The van der Waals surface area contributed by atoms with Gasteiger partial charge in [0.05, 0.1) is 11.3 Å². The molecule has 1 aromatic carbocycles. The second kappa shape index (κ2) is 9.89. The number of thioether (sulfide) groups is 1. The highest BCUT2D eigenvalue weighted by atomic mass is 32.2. The van der Waals surface area contributed by atoms with Gasteiger partial charge in [-0.2, -0.15) is 0 Å². The molecule has 1 amide bonds. The Kier molecular flexibility index (Phi) is 6.79. The van der Waals surface area contributed by atoms with Crippen LogP contribution in [0.5, 0.6) is 0 Å². The van der Waals surface area contributed by atoms with E-state index in [1.165, 1.54) is 11.8 Å². The number of hydrogen-bond acceptors (Lipinski definition) is 7. The van der Waals surface area contributed by atoms with Crippen molar-refractivity contribution in [2.24, 2.45) is 0 Å². The van der Waals surface area contributed by atoms with E-state index in [4.69, 9.17) is 4.98 Å². The number of anilines is 2. The minimum atomic E-state index is -0.162. The number of aromatic nitrogens is 3. The van der Waals surface area contributed by atoms with Gasteiger partial charge in [0.25, 0.3) is 5.91 Å². The van der Waals surface area contributed by atoms with E-state index in [0.29, 0.717) is 16.3 Å². The first-order valence-corrected chi connectivity index (χ1v) is 11.3. The fraction of sp³-hybridized carbons (Fsp3) is 0.304. The normalized spacial score (nSPS) is 13.8. The second-order valence-electron chi connectivity index (χ2n) is 7.56. The van der Waals surface area contributed by atoms with Crippen LogP contribution in [0.3, 0.4) is 0 Å². The van der Waals surface area contributed by atoms with Gasteiger partial charge in [0.2, 0.25) is 5.95 Å². The maximum atomic E-state index is 12.9. The zero-order chi connectivity index (χ0) is 21.6. The molecule has 0 saturated carbocycles. The van der Waals surface area contributed by atoms with Crippen LogP contribution >= 0.6 is 11.8 Å². The summed E-state index contributed by atoms with van der Waals surface area (Å²) in [5, 5.41) is 7.03. The molecule has 160 valence electrons. The van der Waals surface area contributed by atoms with Crippen molar-refractivity contribution >= 4 is 29.3 Å². The summed E-state index contributed by atoms with van der Waals surface area (Å²) in [6.45, 7) is 7.72. The van der Waals surface area contributed by atoms with Gasteiger partial charge in [-0.1, -0.05) is 17.8 Å². The van der Waals surface area contributed by atoms with Crippen molar-refractivity contribution in [3.63, 3.8) is 0 Å². The van der Waals surface area contributed by atoms with Crippen molar-refractivity contribution in [2.45, 2.75) is 24.6 Å². The number of nitrogens with one attached hydrogen (secondary N) is 2. The fourth-order valence-electron chi connectivity index (χ4n) is 3.55. The van der Waals surface area contributed by atoms with Crippen molar-refractivity contribution in [3.05, 3.63) is 71.2 Å². The Hall–Kier alpha value is -2.97. The van der Waals surface area contributed by atoms with Crippen LogP contribution in [0.25, 0.3) is 0 Å². The third-order valence-corrected chi connectivity index (χ3v) is 5.99. The lowest BCUT2D eigenvalue weighted by Crippen LogP contribution is -2.44. The van der Waals surface area contributed by atoms with Gasteiger partial charge in [0, 0.05) is 50.0 Å². The van der Waals surface area contributed by atoms with Crippen LogP contribution in [0, 0.1) is 13.8 Å². The summed E-state index contributed by atoms with van der Waals surface area (Å²) in [5.41, 5.74) is 4.49. The summed E-state index contributed by atoms with van der Waals surface area (Å²) in [5.74, 6) is 1.21. The molecule has 0 bridgehead atoms. The molecule has 31 heavy (non-hydrogen) atoms. The molecule has 0 aliphatic carbocycles. The number of benzene rings is 1. The van der Waals surface area contributed by atoms with E-state index in [9.17, 15) is 4.79 Å². The highest BCUT2D eigenvalue weighted by Gasteiger charge is 2.16. The van der Waals surface area contributed by atoms with Crippen LogP contribution in [0.15, 0.2) is 53.8 Å². The molecule has 0 spiro atoms. The molecule has 3 heterocycles. The van der Waals surface area contributed by atoms with Gasteiger partial charge in [-0.05, 0) is 55.3 Å². The molecular formula is C23H26N6OS. The Bertz CT molecular complexity index is 1050. The Morgan fingerprint density at radius 3 is 2.65 bits per heavy atom. The van der Waals surface area contributed by atoms with Crippen LogP contribution in [0.2, 0.25) is 0 Å². The molecule has 1 saturated heterocycles. The first-order valence-electron chi connectivity index (χ1n) is 10.3. The van der Waals surface area contributed by atoms with Gasteiger partial charge in [-0.15, -0.1) is 0 Å².